The summed E-state index contributed by atoms with van der Waals surface area (Å²) in [7, 11) is -8.56. The molecule has 20 nitrogen and oxygen atoms in total. The molecule has 2 heterocycles. The fraction of sp³-hybridized carbons (Fsp3) is 0.448. The molecule has 3 aliphatic rings. The zero-order valence-corrected chi connectivity index (χ0v) is 47.3. The number of hydrogen-bond acceptors (Lipinski definition) is 11. The molecule has 0 fully saturated rings. The Balaban J connectivity index is 1.16. The van der Waals surface area contributed by atoms with Crippen LogP contribution in [0.15, 0.2) is 125 Å². The average Bonchev–Trinajstić information content (AvgIpc) is 3.79. The van der Waals surface area contributed by atoms with Gasteiger partial charge in [0.25, 0.3) is 20.2 Å². The van der Waals surface area contributed by atoms with E-state index in [0.717, 1.165) is 64.3 Å². The number of carboxylic acid groups (broad SMARTS) is 3. The number of nitrogens with one attached hydrogen (secondary N) is 3. The lowest BCUT2D eigenvalue weighted by Crippen LogP contribution is -2.51. The lowest BCUT2D eigenvalue weighted by atomic mass is 9.81. The molecule has 2 atom stereocenters. The maximum absolute atomic E-state index is 12.8. The third-order valence-corrected chi connectivity index (χ3v) is 16.4. The Morgan fingerprint density at radius 3 is 2.04 bits per heavy atom. The van der Waals surface area contributed by atoms with E-state index < -0.39 is 73.5 Å². The molecule has 2 aliphatic heterocycles. The molecule has 0 saturated heterocycles. The standard InChI is InChI=1S/C58H73N5O15S2/c1-57(2)43-19-7-9-22-47(43)62(36-13-5-6-24-51(64)59-35-12-11-21-45(54(67)68)60-56(71)61-46(55(69)70)31-34-52(65)66)49(57)32-25-39-17-16-18-40(53(39)78-41-27-29-42(30-28-41)80(75,76)77)26-33-50-58(3,4)44-20-8-10-23-48(44)63(50)37-14-15-38-79(72,73)74/h7-10,19-20,22-23,25-30,32-33,45-46H,5-6,11-18,21,24,31,34-38H2,1-4H3,(H7-,59,60,61,64,65,66,67,68,69,70,71,72,73,74,75,76,77)/p+1. The summed E-state index contributed by atoms with van der Waals surface area (Å²) in [5, 5.41) is 35.0. The number of amides is 3. The lowest BCUT2D eigenvalue weighted by Gasteiger charge is -2.27. The van der Waals surface area contributed by atoms with Crippen molar-refractivity contribution in [1.82, 2.24) is 16.0 Å². The zero-order valence-electron chi connectivity index (χ0n) is 45.6. The topological polar surface area (TPSA) is 306 Å². The number of carboxylic acids is 3. The average molecular weight is 1150 g/mol. The van der Waals surface area contributed by atoms with Crippen molar-refractivity contribution in [1.29, 1.82) is 0 Å². The number of urea groups is 1. The predicted molar refractivity (Wildman–Crippen MR) is 302 cm³/mol. The maximum atomic E-state index is 12.8. The van der Waals surface area contributed by atoms with E-state index in [4.69, 9.17) is 9.84 Å². The van der Waals surface area contributed by atoms with Crippen molar-refractivity contribution < 1.29 is 74.5 Å². The van der Waals surface area contributed by atoms with Gasteiger partial charge in [0.15, 0.2) is 5.71 Å². The number of para-hydroxylation sites is 2. The molecular weight excluding hydrogens is 1070 g/mol. The number of anilines is 1. The number of nitrogens with zero attached hydrogens (tertiary/aromatic N) is 2. The number of unbranched alkanes of at least 4 members (excludes halogenated alkanes) is 4. The SMILES string of the molecule is CC1(C)C(=CC=C2CCCC(C=CC3=[N+](CCCCCC(=O)NCCCCC(NC(=O)NC(CCC(=O)O)C(=O)O)C(=O)O)c4ccccc4C3(C)C)=C2Oc2ccc(S(=O)(=O)O)cc2)N(CCCCS(=O)(=O)O)c2ccccc21. The zero-order chi connectivity index (χ0) is 58.4. The van der Waals surface area contributed by atoms with E-state index in [0.29, 0.717) is 63.1 Å². The second-order valence-electron chi connectivity index (χ2n) is 21.3. The van der Waals surface area contributed by atoms with E-state index in [1.165, 1.54) is 24.3 Å². The minimum absolute atomic E-state index is 0.0118. The number of allylic oxidation sites excluding steroid dienone is 7. The van der Waals surface area contributed by atoms with Crippen molar-refractivity contribution in [2.24, 2.45) is 0 Å². The van der Waals surface area contributed by atoms with Gasteiger partial charge in [0, 0.05) is 66.9 Å². The molecule has 0 saturated carbocycles. The van der Waals surface area contributed by atoms with Crippen molar-refractivity contribution in [3.63, 3.8) is 0 Å². The van der Waals surface area contributed by atoms with E-state index in [1.54, 1.807) is 0 Å². The summed E-state index contributed by atoms with van der Waals surface area (Å²) < 4.78 is 75.2. The van der Waals surface area contributed by atoms with Crippen molar-refractivity contribution >= 4 is 67.2 Å². The molecule has 22 heteroatoms. The van der Waals surface area contributed by atoms with Crippen molar-refractivity contribution in [3.05, 3.63) is 131 Å². The molecule has 1 aliphatic carbocycles. The van der Waals surface area contributed by atoms with Gasteiger partial charge in [0.05, 0.1) is 16.1 Å². The van der Waals surface area contributed by atoms with Crippen LogP contribution in [0.3, 0.4) is 0 Å². The Bertz CT molecular complexity index is 3180. The number of benzene rings is 3. The van der Waals surface area contributed by atoms with E-state index in [-0.39, 0.29) is 48.8 Å². The summed E-state index contributed by atoms with van der Waals surface area (Å²) in [6.45, 7) is 10.1. The molecule has 432 valence electrons. The summed E-state index contributed by atoms with van der Waals surface area (Å²) in [5.41, 5.74) is 7.47. The lowest BCUT2D eigenvalue weighted by molar-refractivity contribution is -0.438. The Morgan fingerprint density at radius 1 is 0.713 bits per heavy atom. The molecule has 8 N–H and O–H groups in total. The Kier molecular flexibility index (Phi) is 21.2. The molecule has 3 aromatic carbocycles. The molecular formula is C58H74N5O15S2+. The van der Waals surface area contributed by atoms with Crippen LogP contribution in [0.25, 0.3) is 0 Å². The molecule has 0 bridgehead atoms. The van der Waals surface area contributed by atoms with Crippen LogP contribution >= 0.6 is 0 Å². The number of carbonyl (C=O) groups is 5. The molecule has 0 radical (unpaired) electrons. The third-order valence-electron chi connectivity index (χ3n) is 14.7. The van der Waals surface area contributed by atoms with Gasteiger partial charge in [-0.05, 0) is 144 Å². The van der Waals surface area contributed by atoms with Gasteiger partial charge in [-0.25, -0.2) is 14.4 Å². The summed E-state index contributed by atoms with van der Waals surface area (Å²) in [4.78, 5) is 61.2. The van der Waals surface area contributed by atoms with Gasteiger partial charge in [-0.1, -0.05) is 56.3 Å². The smallest absolute Gasteiger partial charge is 0.326 e. The highest BCUT2D eigenvalue weighted by Gasteiger charge is 2.44. The highest BCUT2D eigenvalue weighted by Crippen LogP contribution is 2.48. The fourth-order valence-corrected chi connectivity index (χ4v) is 11.5. The van der Waals surface area contributed by atoms with Gasteiger partial charge < -0.3 is 40.9 Å². The normalized spacial score (nSPS) is 17.6. The maximum Gasteiger partial charge on any atom is 0.326 e. The first-order valence-corrected chi connectivity index (χ1v) is 30.0. The van der Waals surface area contributed by atoms with Gasteiger partial charge in [-0.3, -0.25) is 18.7 Å². The van der Waals surface area contributed by atoms with Crippen LogP contribution in [0.4, 0.5) is 16.2 Å². The highest BCUT2D eigenvalue weighted by molar-refractivity contribution is 7.86. The van der Waals surface area contributed by atoms with Crippen LogP contribution in [0.5, 0.6) is 5.75 Å². The van der Waals surface area contributed by atoms with Crippen LogP contribution in [-0.4, -0.2) is 119 Å². The van der Waals surface area contributed by atoms with Crippen LogP contribution in [-0.2, 0) is 50.2 Å². The number of rotatable bonds is 29. The summed E-state index contributed by atoms with van der Waals surface area (Å²) in [6, 6.07) is 18.1. The molecule has 2 unspecified atom stereocenters. The van der Waals surface area contributed by atoms with E-state index in [2.05, 4.69) is 102 Å². The number of hydrogen-bond donors (Lipinski definition) is 8. The summed E-state index contributed by atoms with van der Waals surface area (Å²) >= 11 is 0. The highest BCUT2D eigenvalue weighted by atomic mass is 32.2. The van der Waals surface area contributed by atoms with Crippen molar-refractivity contribution in [2.45, 2.75) is 145 Å². The first-order chi connectivity index (χ1) is 37.8. The van der Waals surface area contributed by atoms with Crippen molar-refractivity contribution in [3.8, 4) is 5.75 Å². The monoisotopic (exact) mass is 1140 g/mol. The minimum atomic E-state index is -4.45. The van der Waals surface area contributed by atoms with E-state index in [1.807, 2.05) is 24.3 Å². The van der Waals surface area contributed by atoms with Crippen molar-refractivity contribution in [2.75, 3.05) is 30.3 Å². The third kappa shape index (κ3) is 16.7. The number of ether oxygens (including phenoxy) is 1. The Labute approximate surface area is 467 Å². The van der Waals surface area contributed by atoms with Gasteiger partial charge in [0.2, 0.25) is 11.6 Å². The predicted octanol–water partition coefficient (Wildman–Crippen LogP) is 8.58. The van der Waals surface area contributed by atoms with Gasteiger partial charge in [0.1, 0.15) is 30.1 Å². The second kappa shape index (κ2) is 27.3. The number of carbonyl (C=O) groups excluding carboxylic acids is 2. The summed E-state index contributed by atoms with van der Waals surface area (Å²) in [6.07, 6.45) is 13.7. The Morgan fingerprint density at radius 2 is 1.38 bits per heavy atom. The Hall–Kier alpha value is -7.14. The molecule has 3 aromatic rings. The van der Waals surface area contributed by atoms with Crippen LogP contribution in [0, 0.1) is 0 Å². The van der Waals surface area contributed by atoms with Crippen LogP contribution < -0.4 is 25.6 Å². The quantitative estimate of drug-likeness (QED) is 0.0183. The molecule has 0 spiro atoms. The largest absolute Gasteiger partial charge is 0.481 e. The first kappa shape index (κ1) is 62.1. The number of fused-ring (bicyclic) bond motifs is 2. The molecule has 80 heavy (non-hydrogen) atoms. The van der Waals surface area contributed by atoms with Crippen LogP contribution in [0.1, 0.15) is 129 Å². The fourth-order valence-electron chi connectivity index (χ4n) is 10.5. The van der Waals surface area contributed by atoms with E-state index >= 15 is 0 Å². The van der Waals surface area contributed by atoms with E-state index in [9.17, 15) is 60.1 Å². The van der Waals surface area contributed by atoms with Gasteiger partial charge in [-0.2, -0.15) is 21.4 Å². The first-order valence-electron chi connectivity index (χ1n) is 26.9. The molecule has 3 amide bonds. The van der Waals surface area contributed by atoms with Crippen LogP contribution in [0.2, 0.25) is 0 Å². The minimum Gasteiger partial charge on any atom is -0.481 e. The molecule has 0 aromatic heterocycles. The summed E-state index contributed by atoms with van der Waals surface area (Å²) in [5.74, 6) is -3.52. The molecule has 6 rings (SSSR count). The van der Waals surface area contributed by atoms with Gasteiger partial charge in [-0.15, -0.1) is 0 Å². The van der Waals surface area contributed by atoms with Gasteiger partial charge >= 0.3 is 23.9 Å². The number of aliphatic carboxylic acids is 3. The second-order valence-corrected chi connectivity index (χ2v) is 24.3.